The van der Waals surface area contributed by atoms with Gasteiger partial charge in [0.2, 0.25) is 0 Å². The summed E-state index contributed by atoms with van der Waals surface area (Å²) in [5.41, 5.74) is 1.63. The summed E-state index contributed by atoms with van der Waals surface area (Å²) in [6, 6.07) is 7.28. The Morgan fingerprint density at radius 2 is 2.00 bits per heavy atom. The third kappa shape index (κ3) is 4.60. The van der Waals surface area contributed by atoms with Gasteiger partial charge in [0.05, 0.1) is 12.0 Å². The Balaban J connectivity index is 2.98. The van der Waals surface area contributed by atoms with Gasteiger partial charge in [0.25, 0.3) is 5.70 Å². The zero-order valence-electron chi connectivity index (χ0n) is 10.0. The van der Waals surface area contributed by atoms with E-state index >= 15 is 0 Å². The summed E-state index contributed by atoms with van der Waals surface area (Å²) in [6.45, 7) is 1.93. The molecule has 0 N–H and O–H groups in total. The fourth-order valence-corrected chi connectivity index (χ4v) is 1.54. The van der Waals surface area contributed by atoms with Crippen LogP contribution in [0.2, 0.25) is 0 Å². The Morgan fingerprint density at radius 1 is 1.39 bits per heavy atom. The molecule has 0 aliphatic rings. The highest BCUT2D eigenvalue weighted by atomic mass is 32.2. The van der Waals surface area contributed by atoms with Crippen molar-refractivity contribution in [2.75, 3.05) is 7.11 Å². The fraction of sp³-hybridized carbons (Fsp3) is 0.167. The summed E-state index contributed by atoms with van der Waals surface area (Å²) < 4.78 is 15.5. The number of rotatable bonds is 5. The second kappa shape index (κ2) is 6.83. The van der Waals surface area contributed by atoms with Crippen LogP contribution in [0.15, 0.2) is 41.4 Å². The Kier molecular flexibility index (Phi) is 5.41. The lowest BCUT2D eigenvalue weighted by molar-refractivity contribution is -0.417. The van der Waals surface area contributed by atoms with E-state index in [1.807, 2.05) is 19.1 Å². The highest BCUT2D eigenvalue weighted by Crippen LogP contribution is 2.10. The van der Waals surface area contributed by atoms with E-state index in [2.05, 4.69) is 4.18 Å². The molecule has 6 heteroatoms. The molecule has 0 fully saturated rings. The van der Waals surface area contributed by atoms with E-state index in [0.29, 0.717) is 5.56 Å². The predicted molar refractivity (Wildman–Crippen MR) is 70.4 cm³/mol. The van der Waals surface area contributed by atoms with Crippen molar-refractivity contribution in [2.24, 2.45) is 0 Å². The van der Waals surface area contributed by atoms with E-state index in [4.69, 9.17) is 0 Å². The number of benzene rings is 1. The van der Waals surface area contributed by atoms with E-state index in [9.17, 15) is 14.3 Å². The van der Waals surface area contributed by atoms with Crippen molar-refractivity contribution >= 4 is 17.2 Å². The van der Waals surface area contributed by atoms with Crippen LogP contribution in [0.4, 0.5) is 0 Å². The molecule has 5 nitrogen and oxygen atoms in total. The first kappa shape index (κ1) is 14.3. The van der Waals surface area contributed by atoms with Gasteiger partial charge in [-0.3, -0.25) is 14.3 Å². The number of hydrogen-bond donors (Lipinski definition) is 0. The highest BCUT2D eigenvalue weighted by molar-refractivity contribution is 7.83. The van der Waals surface area contributed by atoms with Crippen LogP contribution >= 0.6 is 0 Å². The molecular formula is C12H13NO4S. The molecule has 0 bridgehead atoms. The van der Waals surface area contributed by atoms with Crippen LogP contribution in [0.5, 0.6) is 0 Å². The van der Waals surface area contributed by atoms with Crippen molar-refractivity contribution in [1.29, 1.82) is 0 Å². The minimum atomic E-state index is -1.65. The number of aryl methyl sites for hydroxylation is 1. The number of allylic oxidation sites excluding steroid dienone is 1. The molecule has 1 aromatic rings. The predicted octanol–water partition coefficient (Wildman–Crippen LogP) is 2.44. The highest BCUT2D eigenvalue weighted by Gasteiger charge is 2.06. The average Bonchev–Trinajstić information content (AvgIpc) is 2.35. The number of hydrogen-bond acceptors (Lipinski definition) is 4. The lowest BCUT2D eigenvalue weighted by atomic mass is 10.1. The van der Waals surface area contributed by atoms with Gasteiger partial charge in [-0.15, -0.1) is 0 Å². The second-order valence-corrected chi connectivity index (χ2v) is 4.59. The molecule has 96 valence electrons. The second-order valence-electron chi connectivity index (χ2n) is 3.47. The Labute approximate surface area is 108 Å². The summed E-state index contributed by atoms with van der Waals surface area (Å²) in [6.07, 6.45) is 2.57. The largest absolute Gasteiger partial charge is 0.291 e. The first-order valence-corrected chi connectivity index (χ1v) is 6.22. The van der Waals surface area contributed by atoms with Crippen LogP contribution in [0.3, 0.4) is 0 Å². The van der Waals surface area contributed by atoms with Gasteiger partial charge in [-0.05, 0) is 12.5 Å². The minimum Gasteiger partial charge on any atom is -0.291 e. The zero-order chi connectivity index (χ0) is 13.5. The topological polar surface area (TPSA) is 69.4 Å². The average molecular weight is 267 g/mol. The Morgan fingerprint density at radius 3 is 2.50 bits per heavy atom. The molecule has 0 aromatic heterocycles. The van der Waals surface area contributed by atoms with E-state index in [0.717, 1.165) is 11.0 Å². The van der Waals surface area contributed by atoms with Crippen LogP contribution < -0.4 is 0 Å². The van der Waals surface area contributed by atoms with Crippen molar-refractivity contribution in [3.8, 4) is 0 Å². The van der Waals surface area contributed by atoms with Crippen LogP contribution in [-0.2, 0) is 15.3 Å². The standard InChI is InChI=1S/C12H13NO4S/c1-10-3-5-11(6-4-10)9-12(13(14)15)7-8-18(16)17-2/h3-9H,1-2H3/b8-7-,12-9-. The Hall–Kier alpha value is -1.79. The molecule has 0 spiro atoms. The molecule has 0 saturated heterocycles. The number of nitrogens with zero attached hydrogens (tertiary/aromatic N) is 1. The molecule has 1 aromatic carbocycles. The SMILES string of the molecule is COS(=O)/C=C\C(=C\c1ccc(C)cc1)[N+](=O)[O-]. The normalized spacial score (nSPS) is 13.8. The van der Waals surface area contributed by atoms with Crippen LogP contribution in [0.25, 0.3) is 6.08 Å². The van der Waals surface area contributed by atoms with Crippen LogP contribution in [0.1, 0.15) is 11.1 Å². The molecule has 0 aliphatic carbocycles. The van der Waals surface area contributed by atoms with Gasteiger partial charge >= 0.3 is 0 Å². The molecule has 1 atom stereocenters. The van der Waals surface area contributed by atoms with Crippen molar-refractivity contribution < 1.29 is 13.3 Å². The van der Waals surface area contributed by atoms with Crippen molar-refractivity contribution in [2.45, 2.75) is 6.92 Å². The first-order valence-electron chi connectivity index (χ1n) is 5.09. The summed E-state index contributed by atoms with van der Waals surface area (Å²) >= 11 is -1.65. The smallest absolute Gasteiger partial charge is 0.270 e. The van der Waals surface area contributed by atoms with E-state index in [-0.39, 0.29) is 5.70 Å². The first-order chi connectivity index (χ1) is 8.52. The van der Waals surface area contributed by atoms with Gasteiger partial charge < -0.3 is 0 Å². The molecule has 0 heterocycles. The molecule has 0 saturated carbocycles. The third-order valence-corrected chi connectivity index (χ3v) is 2.80. The molecule has 0 radical (unpaired) electrons. The maximum Gasteiger partial charge on any atom is 0.270 e. The van der Waals surface area contributed by atoms with Gasteiger partial charge in [-0.25, -0.2) is 4.21 Å². The third-order valence-electron chi connectivity index (χ3n) is 2.12. The summed E-state index contributed by atoms with van der Waals surface area (Å²) in [4.78, 5) is 10.3. The van der Waals surface area contributed by atoms with Gasteiger partial charge in [-0.1, -0.05) is 29.8 Å². The number of nitro groups is 1. The summed E-state index contributed by atoms with van der Waals surface area (Å²) in [7, 11) is 1.26. The maximum atomic E-state index is 11.0. The summed E-state index contributed by atoms with van der Waals surface area (Å²) in [5, 5.41) is 11.9. The van der Waals surface area contributed by atoms with Gasteiger partial charge in [-0.2, -0.15) is 0 Å². The molecule has 18 heavy (non-hydrogen) atoms. The van der Waals surface area contributed by atoms with E-state index in [1.54, 1.807) is 12.1 Å². The zero-order valence-corrected chi connectivity index (χ0v) is 10.8. The van der Waals surface area contributed by atoms with Gasteiger partial charge in [0, 0.05) is 17.6 Å². The van der Waals surface area contributed by atoms with Gasteiger partial charge in [0.15, 0.2) is 11.1 Å². The monoisotopic (exact) mass is 267 g/mol. The van der Waals surface area contributed by atoms with Crippen LogP contribution in [-0.4, -0.2) is 16.2 Å². The van der Waals surface area contributed by atoms with Crippen LogP contribution in [0, 0.1) is 17.0 Å². The molecule has 0 aliphatic heterocycles. The minimum absolute atomic E-state index is 0.149. The maximum absolute atomic E-state index is 11.0. The molecule has 1 rings (SSSR count). The van der Waals surface area contributed by atoms with E-state index < -0.39 is 16.0 Å². The quantitative estimate of drug-likeness (QED) is 0.467. The van der Waals surface area contributed by atoms with Crippen molar-refractivity contribution in [1.82, 2.24) is 0 Å². The van der Waals surface area contributed by atoms with E-state index in [1.165, 1.54) is 19.3 Å². The van der Waals surface area contributed by atoms with Gasteiger partial charge in [0.1, 0.15) is 0 Å². The lowest BCUT2D eigenvalue weighted by Crippen LogP contribution is -1.96. The Bertz CT molecular complexity index is 505. The lowest BCUT2D eigenvalue weighted by Gasteiger charge is -1.95. The molecule has 0 amide bonds. The summed E-state index contributed by atoms with van der Waals surface area (Å²) in [5.74, 6) is 0. The van der Waals surface area contributed by atoms with Crippen molar-refractivity contribution in [3.05, 3.63) is 62.7 Å². The van der Waals surface area contributed by atoms with Crippen molar-refractivity contribution in [3.63, 3.8) is 0 Å². The molecular weight excluding hydrogens is 254 g/mol. The fourth-order valence-electron chi connectivity index (χ4n) is 1.18. The molecule has 1 unspecified atom stereocenters.